The van der Waals surface area contributed by atoms with E-state index in [1.807, 2.05) is 0 Å². The standard InChI is InChI=1S/C23H21F3N2O5S/c1-3-33-19-12-14(8-10-17(19)16-6-4-5-7-18(16)23(24,25)26)22(29)28-15-9-11-21(34(27,30)31)20(13-15)32-2/h4-13H,3H2,1-2H3,(H,28,29)(H2,27,30,31). The molecule has 34 heavy (non-hydrogen) atoms. The summed E-state index contributed by atoms with van der Waals surface area (Å²) in [5, 5.41) is 7.73. The van der Waals surface area contributed by atoms with Gasteiger partial charge in [-0.15, -0.1) is 0 Å². The fourth-order valence-electron chi connectivity index (χ4n) is 3.31. The zero-order valence-corrected chi connectivity index (χ0v) is 19.0. The lowest BCUT2D eigenvalue weighted by molar-refractivity contribution is -0.137. The topological polar surface area (TPSA) is 108 Å². The van der Waals surface area contributed by atoms with Gasteiger partial charge in [-0.3, -0.25) is 4.79 Å². The highest BCUT2D eigenvalue weighted by molar-refractivity contribution is 7.89. The summed E-state index contributed by atoms with van der Waals surface area (Å²) in [5.41, 5.74) is -0.376. The Morgan fingerprint density at radius 1 is 1.00 bits per heavy atom. The number of sulfonamides is 1. The number of primary sulfonamides is 1. The quantitative estimate of drug-likeness (QED) is 0.496. The van der Waals surface area contributed by atoms with Gasteiger partial charge in [-0.2, -0.15) is 13.2 Å². The van der Waals surface area contributed by atoms with Crippen molar-refractivity contribution < 1.29 is 35.9 Å². The maximum atomic E-state index is 13.5. The van der Waals surface area contributed by atoms with Crippen molar-refractivity contribution in [2.24, 2.45) is 5.14 Å². The molecule has 0 unspecified atom stereocenters. The molecule has 1 amide bonds. The zero-order valence-electron chi connectivity index (χ0n) is 18.1. The molecule has 3 N–H and O–H groups in total. The van der Waals surface area contributed by atoms with Gasteiger partial charge in [-0.25, -0.2) is 13.6 Å². The van der Waals surface area contributed by atoms with E-state index in [0.717, 1.165) is 6.07 Å². The van der Waals surface area contributed by atoms with Gasteiger partial charge in [-0.05, 0) is 48.9 Å². The number of ether oxygens (including phenoxy) is 2. The van der Waals surface area contributed by atoms with Crippen LogP contribution in [0.3, 0.4) is 0 Å². The maximum absolute atomic E-state index is 13.5. The van der Waals surface area contributed by atoms with E-state index in [-0.39, 0.29) is 45.4 Å². The van der Waals surface area contributed by atoms with Crippen molar-refractivity contribution in [1.82, 2.24) is 0 Å². The number of hydrogen-bond acceptors (Lipinski definition) is 5. The van der Waals surface area contributed by atoms with E-state index in [2.05, 4.69) is 5.32 Å². The summed E-state index contributed by atoms with van der Waals surface area (Å²) in [4.78, 5) is 12.5. The highest BCUT2D eigenvalue weighted by Gasteiger charge is 2.34. The maximum Gasteiger partial charge on any atom is 0.417 e. The van der Waals surface area contributed by atoms with Crippen LogP contribution < -0.4 is 19.9 Å². The lowest BCUT2D eigenvalue weighted by Gasteiger charge is -2.17. The highest BCUT2D eigenvalue weighted by Crippen LogP contribution is 2.40. The predicted octanol–water partition coefficient (Wildman–Crippen LogP) is 4.68. The third-order valence-electron chi connectivity index (χ3n) is 4.79. The van der Waals surface area contributed by atoms with Crippen LogP contribution in [0.4, 0.5) is 18.9 Å². The Kier molecular flexibility index (Phi) is 7.18. The Morgan fingerprint density at radius 2 is 1.71 bits per heavy atom. The number of nitrogens with one attached hydrogen (secondary N) is 1. The average molecular weight is 494 g/mol. The number of hydrogen-bond donors (Lipinski definition) is 2. The summed E-state index contributed by atoms with van der Waals surface area (Å²) in [7, 11) is -2.78. The molecule has 0 aliphatic heterocycles. The molecular weight excluding hydrogens is 473 g/mol. The van der Waals surface area contributed by atoms with Gasteiger partial charge in [0.1, 0.15) is 16.4 Å². The first-order valence-corrected chi connectivity index (χ1v) is 11.5. The van der Waals surface area contributed by atoms with E-state index in [1.165, 1.54) is 61.7 Å². The Balaban J connectivity index is 1.97. The average Bonchev–Trinajstić information content (AvgIpc) is 2.78. The summed E-state index contributed by atoms with van der Waals surface area (Å²) in [6.07, 6.45) is -4.57. The normalized spacial score (nSPS) is 11.7. The molecular formula is C23H21F3N2O5S. The molecule has 0 saturated carbocycles. The molecule has 0 atom stereocenters. The van der Waals surface area contributed by atoms with Crippen LogP contribution in [0.5, 0.6) is 11.5 Å². The fourth-order valence-corrected chi connectivity index (χ4v) is 3.99. The summed E-state index contributed by atoms with van der Waals surface area (Å²) in [6, 6.07) is 13.0. The SMILES string of the molecule is CCOc1cc(C(=O)Nc2ccc(S(N)(=O)=O)c(OC)c2)ccc1-c1ccccc1C(F)(F)F. The second-order valence-electron chi connectivity index (χ2n) is 7.05. The van der Waals surface area contributed by atoms with Crippen LogP contribution >= 0.6 is 0 Å². The second-order valence-corrected chi connectivity index (χ2v) is 8.58. The van der Waals surface area contributed by atoms with Crippen molar-refractivity contribution in [3.8, 4) is 22.6 Å². The van der Waals surface area contributed by atoms with Gasteiger partial charge in [0.25, 0.3) is 5.91 Å². The van der Waals surface area contributed by atoms with E-state index in [4.69, 9.17) is 14.6 Å². The van der Waals surface area contributed by atoms with E-state index >= 15 is 0 Å². The number of methoxy groups -OCH3 is 1. The third-order valence-corrected chi connectivity index (χ3v) is 5.74. The number of carbonyl (C=O) groups excluding carboxylic acids is 1. The highest BCUT2D eigenvalue weighted by atomic mass is 32.2. The summed E-state index contributed by atoms with van der Waals surface area (Å²) in [5.74, 6) is -0.551. The van der Waals surface area contributed by atoms with E-state index < -0.39 is 27.7 Å². The van der Waals surface area contributed by atoms with Gasteiger partial charge < -0.3 is 14.8 Å². The van der Waals surface area contributed by atoms with Crippen molar-refractivity contribution in [3.63, 3.8) is 0 Å². The Morgan fingerprint density at radius 3 is 2.32 bits per heavy atom. The van der Waals surface area contributed by atoms with Crippen LogP contribution in [-0.4, -0.2) is 28.0 Å². The number of alkyl halides is 3. The predicted molar refractivity (Wildman–Crippen MR) is 120 cm³/mol. The van der Waals surface area contributed by atoms with Gasteiger partial charge in [0.15, 0.2) is 0 Å². The van der Waals surface area contributed by atoms with Crippen LogP contribution in [0.2, 0.25) is 0 Å². The molecule has 0 fully saturated rings. The molecule has 0 radical (unpaired) electrons. The number of halogens is 3. The smallest absolute Gasteiger partial charge is 0.417 e. The van der Waals surface area contributed by atoms with Crippen LogP contribution in [-0.2, 0) is 16.2 Å². The number of amides is 1. The molecule has 3 aromatic carbocycles. The third kappa shape index (κ3) is 5.49. The summed E-state index contributed by atoms with van der Waals surface area (Å²) in [6.45, 7) is 1.84. The Hall–Kier alpha value is -3.57. The molecule has 3 aromatic rings. The van der Waals surface area contributed by atoms with Gasteiger partial charge in [0.2, 0.25) is 10.0 Å². The summed E-state index contributed by atoms with van der Waals surface area (Å²) < 4.78 is 74.3. The van der Waals surface area contributed by atoms with Crippen LogP contribution in [0.1, 0.15) is 22.8 Å². The molecule has 0 aliphatic rings. The van der Waals surface area contributed by atoms with Crippen molar-refractivity contribution in [2.45, 2.75) is 18.0 Å². The van der Waals surface area contributed by atoms with Gasteiger partial charge in [0, 0.05) is 22.9 Å². The molecule has 0 bridgehead atoms. The molecule has 3 rings (SSSR count). The van der Waals surface area contributed by atoms with Crippen LogP contribution in [0, 0.1) is 0 Å². The lowest BCUT2D eigenvalue weighted by Crippen LogP contribution is -2.15. The van der Waals surface area contributed by atoms with E-state index in [1.54, 1.807) is 6.92 Å². The molecule has 0 heterocycles. The second kappa shape index (κ2) is 9.74. The zero-order chi connectivity index (χ0) is 25.1. The van der Waals surface area contributed by atoms with Crippen molar-refractivity contribution >= 4 is 21.6 Å². The molecule has 0 aromatic heterocycles. The van der Waals surface area contributed by atoms with Crippen LogP contribution in [0.25, 0.3) is 11.1 Å². The van der Waals surface area contributed by atoms with Gasteiger partial charge >= 0.3 is 6.18 Å². The van der Waals surface area contributed by atoms with Crippen LogP contribution in [0.15, 0.2) is 65.6 Å². The molecule has 0 aliphatic carbocycles. The minimum absolute atomic E-state index is 0.0607. The minimum atomic E-state index is -4.57. The molecule has 0 spiro atoms. The first-order chi connectivity index (χ1) is 16.0. The monoisotopic (exact) mass is 494 g/mol. The van der Waals surface area contributed by atoms with Crippen molar-refractivity contribution in [2.75, 3.05) is 19.0 Å². The molecule has 180 valence electrons. The molecule has 0 saturated heterocycles. The van der Waals surface area contributed by atoms with Gasteiger partial charge in [0.05, 0.1) is 19.3 Å². The Labute approximate surface area is 194 Å². The fraction of sp³-hybridized carbons (Fsp3) is 0.174. The number of benzene rings is 3. The number of carbonyl (C=O) groups is 1. The first-order valence-electron chi connectivity index (χ1n) is 9.91. The summed E-state index contributed by atoms with van der Waals surface area (Å²) >= 11 is 0. The van der Waals surface area contributed by atoms with E-state index in [9.17, 15) is 26.4 Å². The largest absolute Gasteiger partial charge is 0.495 e. The minimum Gasteiger partial charge on any atom is -0.495 e. The van der Waals surface area contributed by atoms with Crippen molar-refractivity contribution in [1.29, 1.82) is 0 Å². The first kappa shape index (κ1) is 25.1. The van der Waals surface area contributed by atoms with Crippen molar-refractivity contribution in [3.05, 3.63) is 71.8 Å². The molecule has 11 heteroatoms. The lowest BCUT2D eigenvalue weighted by atomic mass is 9.97. The number of rotatable bonds is 7. The van der Waals surface area contributed by atoms with E-state index in [0.29, 0.717) is 0 Å². The Bertz CT molecular complexity index is 1320. The number of anilines is 1. The number of nitrogens with two attached hydrogens (primary N) is 1. The molecule has 7 nitrogen and oxygen atoms in total. The van der Waals surface area contributed by atoms with Gasteiger partial charge in [-0.1, -0.05) is 18.2 Å².